The van der Waals surface area contributed by atoms with Crippen LogP contribution in [0.3, 0.4) is 0 Å². The minimum atomic E-state index is 0.419. The lowest BCUT2D eigenvalue weighted by molar-refractivity contribution is 0.0593. The standard InChI is InChI=1S/C14H29NO/c1-3-5-13(6-4-2)14(15)11-12-7-9-16-10-8-12/h12-14H,3-11,15H2,1-2H3. The molecular formula is C14H29NO. The summed E-state index contributed by atoms with van der Waals surface area (Å²) in [6.07, 6.45) is 8.81. The van der Waals surface area contributed by atoms with E-state index in [1.807, 2.05) is 0 Å². The molecule has 0 aromatic carbocycles. The van der Waals surface area contributed by atoms with Gasteiger partial charge in [0.2, 0.25) is 0 Å². The van der Waals surface area contributed by atoms with Gasteiger partial charge in [0.15, 0.2) is 0 Å². The van der Waals surface area contributed by atoms with Gasteiger partial charge in [0.05, 0.1) is 0 Å². The van der Waals surface area contributed by atoms with E-state index in [1.165, 1.54) is 44.9 Å². The van der Waals surface area contributed by atoms with Crippen molar-refractivity contribution in [2.75, 3.05) is 13.2 Å². The average molecular weight is 227 g/mol. The minimum Gasteiger partial charge on any atom is -0.381 e. The number of rotatable bonds is 7. The number of ether oxygens (including phenoxy) is 1. The molecule has 1 atom stereocenters. The Balaban J connectivity index is 2.31. The van der Waals surface area contributed by atoms with Crippen LogP contribution in [0.2, 0.25) is 0 Å². The largest absolute Gasteiger partial charge is 0.381 e. The Morgan fingerprint density at radius 3 is 2.19 bits per heavy atom. The molecule has 0 spiro atoms. The van der Waals surface area contributed by atoms with Gasteiger partial charge in [-0.3, -0.25) is 0 Å². The monoisotopic (exact) mass is 227 g/mol. The van der Waals surface area contributed by atoms with Crippen LogP contribution in [0.5, 0.6) is 0 Å². The van der Waals surface area contributed by atoms with Crippen molar-refractivity contribution in [3.05, 3.63) is 0 Å². The molecule has 2 N–H and O–H groups in total. The van der Waals surface area contributed by atoms with E-state index < -0.39 is 0 Å². The van der Waals surface area contributed by atoms with E-state index in [-0.39, 0.29) is 0 Å². The normalized spacial score (nSPS) is 20.2. The van der Waals surface area contributed by atoms with E-state index in [2.05, 4.69) is 13.8 Å². The maximum atomic E-state index is 6.38. The molecule has 1 rings (SSSR count). The van der Waals surface area contributed by atoms with Crippen molar-refractivity contribution in [1.29, 1.82) is 0 Å². The third kappa shape index (κ3) is 4.84. The molecule has 0 bridgehead atoms. The summed E-state index contributed by atoms with van der Waals surface area (Å²) in [5, 5.41) is 0. The Kier molecular flexibility index (Phi) is 7.06. The van der Waals surface area contributed by atoms with Crippen LogP contribution < -0.4 is 5.73 Å². The zero-order valence-corrected chi connectivity index (χ0v) is 11.1. The summed E-state index contributed by atoms with van der Waals surface area (Å²) in [6, 6.07) is 0.419. The molecule has 0 radical (unpaired) electrons. The van der Waals surface area contributed by atoms with Crippen LogP contribution in [0, 0.1) is 11.8 Å². The summed E-state index contributed by atoms with van der Waals surface area (Å²) in [5.74, 6) is 1.57. The second kappa shape index (κ2) is 8.08. The molecule has 2 heteroatoms. The van der Waals surface area contributed by atoms with Crippen LogP contribution in [0.1, 0.15) is 58.8 Å². The van der Waals surface area contributed by atoms with E-state index >= 15 is 0 Å². The van der Waals surface area contributed by atoms with Crippen LogP contribution >= 0.6 is 0 Å². The molecule has 1 aliphatic heterocycles. The predicted molar refractivity (Wildman–Crippen MR) is 69.4 cm³/mol. The summed E-state index contributed by atoms with van der Waals surface area (Å²) in [4.78, 5) is 0. The Morgan fingerprint density at radius 2 is 1.69 bits per heavy atom. The van der Waals surface area contributed by atoms with Gasteiger partial charge < -0.3 is 10.5 Å². The number of hydrogen-bond acceptors (Lipinski definition) is 2. The molecule has 2 nitrogen and oxygen atoms in total. The number of nitrogens with two attached hydrogens (primary N) is 1. The molecule has 0 aliphatic carbocycles. The van der Waals surface area contributed by atoms with E-state index in [0.29, 0.717) is 6.04 Å². The van der Waals surface area contributed by atoms with Crippen molar-refractivity contribution < 1.29 is 4.74 Å². The summed E-state index contributed by atoms with van der Waals surface area (Å²) in [6.45, 7) is 6.43. The molecular weight excluding hydrogens is 198 g/mol. The zero-order chi connectivity index (χ0) is 11.8. The molecule has 1 unspecified atom stereocenters. The van der Waals surface area contributed by atoms with Gasteiger partial charge in [-0.15, -0.1) is 0 Å². The van der Waals surface area contributed by atoms with Crippen molar-refractivity contribution in [2.45, 2.75) is 64.8 Å². The Labute approximate surface area is 101 Å². The van der Waals surface area contributed by atoms with Gasteiger partial charge in [-0.05, 0) is 43.9 Å². The zero-order valence-electron chi connectivity index (χ0n) is 11.1. The molecule has 1 saturated heterocycles. The fraction of sp³-hybridized carbons (Fsp3) is 1.00. The molecule has 0 aromatic heterocycles. The van der Waals surface area contributed by atoms with Crippen LogP contribution in [0.4, 0.5) is 0 Å². The van der Waals surface area contributed by atoms with E-state index in [4.69, 9.17) is 10.5 Å². The molecule has 1 heterocycles. The van der Waals surface area contributed by atoms with Crippen LogP contribution in [0.15, 0.2) is 0 Å². The molecule has 96 valence electrons. The van der Waals surface area contributed by atoms with Crippen molar-refractivity contribution in [2.24, 2.45) is 17.6 Å². The van der Waals surface area contributed by atoms with E-state index in [9.17, 15) is 0 Å². The fourth-order valence-corrected chi connectivity index (χ4v) is 2.87. The topological polar surface area (TPSA) is 35.2 Å². The summed E-state index contributed by atoms with van der Waals surface area (Å²) < 4.78 is 5.40. The maximum Gasteiger partial charge on any atom is 0.0468 e. The third-order valence-corrected chi connectivity index (χ3v) is 3.87. The van der Waals surface area contributed by atoms with Crippen LogP contribution in [0.25, 0.3) is 0 Å². The van der Waals surface area contributed by atoms with E-state index in [0.717, 1.165) is 25.0 Å². The second-order valence-corrected chi connectivity index (χ2v) is 5.29. The Morgan fingerprint density at radius 1 is 1.12 bits per heavy atom. The fourth-order valence-electron chi connectivity index (χ4n) is 2.87. The molecule has 1 fully saturated rings. The number of hydrogen-bond donors (Lipinski definition) is 1. The van der Waals surface area contributed by atoms with Crippen LogP contribution in [-0.2, 0) is 4.74 Å². The molecule has 0 saturated carbocycles. The van der Waals surface area contributed by atoms with Gasteiger partial charge in [-0.25, -0.2) is 0 Å². The highest BCUT2D eigenvalue weighted by atomic mass is 16.5. The first kappa shape index (κ1) is 14.0. The van der Waals surface area contributed by atoms with Crippen LogP contribution in [-0.4, -0.2) is 19.3 Å². The van der Waals surface area contributed by atoms with Crippen molar-refractivity contribution in [3.8, 4) is 0 Å². The highest BCUT2D eigenvalue weighted by Gasteiger charge is 2.22. The lowest BCUT2D eigenvalue weighted by atomic mass is 9.83. The van der Waals surface area contributed by atoms with Gasteiger partial charge in [0.25, 0.3) is 0 Å². The lowest BCUT2D eigenvalue weighted by Gasteiger charge is -2.29. The van der Waals surface area contributed by atoms with Gasteiger partial charge in [0, 0.05) is 19.3 Å². The second-order valence-electron chi connectivity index (χ2n) is 5.29. The Bertz CT molecular complexity index is 160. The maximum absolute atomic E-state index is 6.38. The minimum absolute atomic E-state index is 0.419. The van der Waals surface area contributed by atoms with Gasteiger partial charge in [0.1, 0.15) is 0 Å². The molecule has 16 heavy (non-hydrogen) atoms. The Hall–Kier alpha value is -0.0800. The highest BCUT2D eigenvalue weighted by Crippen LogP contribution is 2.26. The summed E-state index contributed by atoms with van der Waals surface area (Å²) >= 11 is 0. The van der Waals surface area contributed by atoms with Gasteiger partial charge >= 0.3 is 0 Å². The van der Waals surface area contributed by atoms with Crippen molar-refractivity contribution in [3.63, 3.8) is 0 Å². The predicted octanol–water partition coefficient (Wildman–Crippen LogP) is 3.35. The molecule has 1 aliphatic rings. The smallest absolute Gasteiger partial charge is 0.0468 e. The van der Waals surface area contributed by atoms with Crippen molar-refractivity contribution >= 4 is 0 Å². The third-order valence-electron chi connectivity index (χ3n) is 3.87. The average Bonchev–Trinajstić information content (AvgIpc) is 2.30. The quantitative estimate of drug-likeness (QED) is 0.724. The highest BCUT2D eigenvalue weighted by molar-refractivity contribution is 4.77. The molecule has 0 amide bonds. The summed E-state index contributed by atoms with van der Waals surface area (Å²) in [7, 11) is 0. The van der Waals surface area contributed by atoms with E-state index in [1.54, 1.807) is 0 Å². The first-order chi connectivity index (χ1) is 7.77. The first-order valence-electron chi connectivity index (χ1n) is 7.11. The summed E-state index contributed by atoms with van der Waals surface area (Å²) in [5.41, 5.74) is 6.38. The van der Waals surface area contributed by atoms with Gasteiger partial charge in [-0.2, -0.15) is 0 Å². The van der Waals surface area contributed by atoms with Crippen molar-refractivity contribution in [1.82, 2.24) is 0 Å². The first-order valence-corrected chi connectivity index (χ1v) is 7.11. The van der Waals surface area contributed by atoms with Gasteiger partial charge in [-0.1, -0.05) is 26.7 Å². The molecule has 0 aromatic rings. The lowest BCUT2D eigenvalue weighted by Crippen LogP contribution is -2.33. The SMILES string of the molecule is CCCC(CCC)C(N)CC1CCOCC1.